The molecule has 4 heterocycles. The molecule has 3 aromatic carbocycles. The Kier molecular flexibility index (Phi) is 7.54. The Balaban J connectivity index is 1.37. The molecule has 4 aromatic rings. The fourth-order valence-corrected chi connectivity index (χ4v) is 7.20. The first-order valence-electron chi connectivity index (χ1n) is 14.3. The van der Waals surface area contributed by atoms with E-state index in [1.807, 2.05) is 29.3 Å². The lowest BCUT2D eigenvalue weighted by Gasteiger charge is -2.51. The number of rotatable bonds is 5. The first-order chi connectivity index (χ1) is 21.8. The second-order valence-electron chi connectivity index (χ2n) is 10.8. The summed E-state index contributed by atoms with van der Waals surface area (Å²) in [5.41, 5.74) is 1.84. The van der Waals surface area contributed by atoms with Crippen molar-refractivity contribution in [1.29, 1.82) is 0 Å². The second kappa shape index (κ2) is 11.7. The zero-order valence-electron chi connectivity index (χ0n) is 24.1. The summed E-state index contributed by atoms with van der Waals surface area (Å²) >= 11 is 1.41. The molecule has 1 saturated heterocycles. The molecule has 2 atom stereocenters. The van der Waals surface area contributed by atoms with E-state index in [0.29, 0.717) is 23.5 Å². The average Bonchev–Trinajstić information content (AvgIpc) is 3.20. The molecule has 230 valence electrons. The molecule has 0 N–H and O–H groups in total. The zero-order chi connectivity index (χ0) is 31.2. The summed E-state index contributed by atoms with van der Waals surface area (Å²) < 4.78 is 48.5. The first-order valence-corrected chi connectivity index (χ1v) is 15.3. The number of carbonyl (C=O) groups excluding carboxylic acids is 2. The van der Waals surface area contributed by atoms with E-state index in [9.17, 15) is 18.8 Å². The Morgan fingerprint density at radius 3 is 2.62 bits per heavy atom. The lowest BCUT2D eigenvalue weighted by molar-refractivity contribution is -0.131. The van der Waals surface area contributed by atoms with Crippen LogP contribution in [0.15, 0.2) is 82.6 Å². The molecule has 1 aromatic heterocycles. The third-order valence-electron chi connectivity index (χ3n) is 8.10. The highest BCUT2D eigenvalue weighted by atomic mass is 32.2. The maximum atomic E-state index is 15.4. The third-order valence-corrected chi connectivity index (χ3v) is 9.22. The molecule has 1 fully saturated rings. The van der Waals surface area contributed by atoms with E-state index in [1.54, 1.807) is 39.9 Å². The van der Waals surface area contributed by atoms with Crippen molar-refractivity contribution in [2.45, 2.75) is 36.4 Å². The molecule has 1 amide bonds. The molecule has 3 aliphatic heterocycles. The highest BCUT2D eigenvalue weighted by molar-refractivity contribution is 7.98. The summed E-state index contributed by atoms with van der Waals surface area (Å²) in [6.45, 7) is 1.98. The van der Waals surface area contributed by atoms with E-state index in [4.69, 9.17) is 14.2 Å². The van der Waals surface area contributed by atoms with E-state index < -0.39 is 41.1 Å². The summed E-state index contributed by atoms with van der Waals surface area (Å²) in [5.74, 6) is -2.25. The van der Waals surface area contributed by atoms with Gasteiger partial charge in [-0.2, -0.15) is 0 Å². The predicted octanol–water partition coefficient (Wildman–Crippen LogP) is 4.78. The van der Waals surface area contributed by atoms with Crippen molar-refractivity contribution in [2.24, 2.45) is 0 Å². The molecule has 0 bridgehead atoms. The number of halogens is 2. The van der Waals surface area contributed by atoms with Crippen molar-refractivity contribution in [1.82, 2.24) is 9.58 Å². The van der Waals surface area contributed by atoms with E-state index in [1.165, 1.54) is 30.9 Å². The first kappa shape index (κ1) is 29.1. The molecule has 3 aliphatic rings. The van der Waals surface area contributed by atoms with E-state index in [0.717, 1.165) is 16.5 Å². The fourth-order valence-electron chi connectivity index (χ4n) is 6.09. The number of pyridine rings is 1. The molecule has 0 radical (unpaired) electrons. The van der Waals surface area contributed by atoms with Crippen molar-refractivity contribution >= 4 is 23.6 Å². The molecule has 0 spiro atoms. The molecule has 9 nitrogen and oxygen atoms in total. The van der Waals surface area contributed by atoms with Crippen LogP contribution in [-0.4, -0.2) is 47.4 Å². The van der Waals surface area contributed by atoms with Gasteiger partial charge in [0.25, 0.3) is 5.91 Å². The summed E-state index contributed by atoms with van der Waals surface area (Å²) in [6, 6.07) is 17.6. The van der Waals surface area contributed by atoms with Crippen LogP contribution in [0.1, 0.15) is 45.7 Å². The summed E-state index contributed by atoms with van der Waals surface area (Å²) in [4.78, 5) is 41.2. The zero-order valence-corrected chi connectivity index (χ0v) is 24.9. The maximum Gasteiger partial charge on any atom is 0.308 e. The van der Waals surface area contributed by atoms with Gasteiger partial charge in [-0.1, -0.05) is 36.4 Å². The molecule has 0 aliphatic carbocycles. The van der Waals surface area contributed by atoms with Crippen LogP contribution in [0.4, 0.5) is 8.78 Å². The van der Waals surface area contributed by atoms with Crippen LogP contribution in [0, 0.1) is 11.6 Å². The quantitative estimate of drug-likeness (QED) is 0.230. The van der Waals surface area contributed by atoms with Crippen molar-refractivity contribution in [3.05, 3.63) is 123 Å². The van der Waals surface area contributed by atoms with Crippen LogP contribution in [-0.2, 0) is 21.9 Å². The molecule has 0 saturated carbocycles. The van der Waals surface area contributed by atoms with Crippen molar-refractivity contribution < 1.29 is 32.6 Å². The number of ether oxygens (including phenoxy) is 3. The Hall–Kier alpha value is -4.68. The van der Waals surface area contributed by atoms with Crippen LogP contribution in [0.5, 0.6) is 11.5 Å². The second-order valence-corrected chi connectivity index (χ2v) is 11.8. The van der Waals surface area contributed by atoms with Gasteiger partial charge in [-0.15, -0.1) is 11.8 Å². The number of morpholine rings is 1. The average molecular weight is 632 g/mol. The van der Waals surface area contributed by atoms with Gasteiger partial charge >= 0.3 is 5.97 Å². The third kappa shape index (κ3) is 5.13. The number of esters is 1. The van der Waals surface area contributed by atoms with Gasteiger partial charge in [0.05, 0.1) is 19.3 Å². The number of hydrogen-bond donors (Lipinski definition) is 0. The summed E-state index contributed by atoms with van der Waals surface area (Å²) in [5, 5.41) is 1.90. The van der Waals surface area contributed by atoms with Gasteiger partial charge in [0, 0.05) is 41.9 Å². The highest BCUT2D eigenvalue weighted by Crippen LogP contribution is 2.45. The molecule has 45 heavy (non-hydrogen) atoms. The predicted molar refractivity (Wildman–Crippen MR) is 161 cm³/mol. The minimum absolute atomic E-state index is 0.0238. The molecule has 1 unspecified atom stereocenters. The molecular formula is C33H27F2N3O6S. The lowest BCUT2D eigenvalue weighted by Crippen LogP contribution is -2.66. The van der Waals surface area contributed by atoms with Crippen LogP contribution in [0.3, 0.4) is 0 Å². The minimum Gasteiger partial charge on any atom is -0.482 e. The topological polar surface area (TPSA) is 90.3 Å². The monoisotopic (exact) mass is 631 g/mol. The van der Waals surface area contributed by atoms with Gasteiger partial charge in [-0.3, -0.25) is 24.1 Å². The SMILES string of the molecule is CC(=O)Oc1ccc(COc2c3n(ccc2=O)N([C@@H]2c4ccccc4SCc4c2ccc(F)c4F)C2COCCN2C3=O)cc1. The normalized spacial score (nSPS) is 18.7. The number of fused-ring (bicyclic) bond motifs is 4. The Labute approximate surface area is 260 Å². The van der Waals surface area contributed by atoms with Gasteiger partial charge in [0.1, 0.15) is 18.5 Å². The van der Waals surface area contributed by atoms with E-state index in [-0.39, 0.29) is 42.5 Å². The van der Waals surface area contributed by atoms with Gasteiger partial charge < -0.3 is 19.1 Å². The highest BCUT2D eigenvalue weighted by Gasteiger charge is 2.46. The van der Waals surface area contributed by atoms with Gasteiger partial charge in [-0.25, -0.2) is 8.78 Å². The smallest absolute Gasteiger partial charge is 0.308 e. The van der Waals surface area contributed by atoms with E-state index >= 15 is 4.39 Å². The molecule has 7 rings (SSSR count). The summed E-state index contributed by atoms with van der Waals surface area (Å²) in [7, 11) is 0. The number of benzene rings is 3. The van der Waals surface area contributed by atoms with Crippen molar-refractivity contribution in [2.75, 3.05) is 24.8 Å². The lowest BCUT2D eigenvalue weighted by atomic mass is 9.93. The van der Waals surface area contributed by atoms with Gasteiger partial charge in [0.15, 0.2) is 23.1 Å². The number of carbonyl (C=O) groups is 2. The number of nitrogens with zero attached hydrogens (tertiary/aromatic N) is 3. The van der Waals surface area contributed by atoms with Gasteiger partial charge in [0.2, 0.25) is 5.43 Å². The van der Waals surface area contributed by atoms with Crippen LogP contribution >= 0.6 is 11.8 Å². The largest absolute Gasteiger partial charge is 0.482 e. The van der Waals surface area contributed by atoms with Crippen LogP contribution in [0.25, 0.3) is 0 Å². The fraction of sp³-hybridized carbons (Fsp3) is 0.242. The van der Waals surface area contributed by atoms with Crippen LogP contribution in [0.2, 0.25) is 0 Å². The Morgan fingerprint density at radius 1 is 1.02 bits per heavy atom. The molecule has 12 heteroatoms. The van der Waals surface area contributed by atoms with Crippen LogP contribution < -0.4 is 19.9 Å². The standard InChI is InChI=1S/C33H27F2N3O6S/c1-19(39)44-21-8-6-20(7-9-21)16-43-32-26(40)12-13-37-31(32)33(41)36-14-15-42-17-28(36)38(37)30-22-10-11-25(34)29(35)24(22)18-45-27-5-3-2-4-23(27)30/h2-13,28,30H,14-18H2,1H3/t28?,30-/m0/s1. The Bertz CT molecular complexity index is 1880. The number of aromatic nitrogens is 1. The number of thioether (sulfide) groups is 1. The molecular weight excluding hydrogens is 604 g/mol. The minimum atomic E-state index is -0.934. The van der Waals surface area contributed by atoms with Gasteiger partial charge in [-0.05, 0) is 41.0 Å². The van der Waals surface area contributed by atoms with Crippen molar-refractivity contribution in [3.8, 4) is 11.5 Å². The number of amides is 1. The van der Waals surface area contributed by atoms with Crippen molar-refractivity contribution in [3.63, 3.8) is 0 Å². The van der Waals surface area contributed by atoms with E-state index in [2.05, 4.69) is 0 Å². The Morgan fingerprint density at radius 2 is 1.82 bits per heavy atom. The summed E-state index contributed by atoms with van der Waals surface area (Å²) in [6.07, 6.45) is 0.896. The number of hydrogen-bond acceptors (Lipinski definition) is 8. The maximum absolute atomic E-state index is 15.4.